The van der Waals surface area contributed by atoms with Crippen LogP contribution >= 0.6 is 0 Å². The number of esters is 3. The molecule has 0 aliphatic heterocycles. The van der Waals surface area contributed by atoms with Crippen LogP contribution in [-0.2, 0) is 28.6 Å². The van der Waals surface area contributed by atoms with Gasteiger partial charge in [0.15, 0.2) is 6.10 Å². The molecule has 0 fully saturated rings. The normalized spacial score (nSPS) is 13.0. The molecule has 344 valence electrons. The Bertz CT molecular complexity index is 1290. The van der Waals surface area contributed by atoms with Gasteiger partial charge in [0.2, 0.25) is 0 Å². The molecule has 0 aromatic heterocycles. The highest BCUT2D eigenvalue weighted by atomic mass is 16.6. The van der Waals surface area contributed by atoms with Crippen molar-refractivity contribution in [3.63, 3.8) is 0 Å². The van der Waals surface area contributed by atoms with Gasteiger partial charge in [-0.2, -0.15) is 0 Å². The smallest absolute Gasteiger partial charge is 0.306 e. The van der Waals surface area contributed by atoms with E-state index in [4.69, 9.17) is 14.2 Å². The summed E-state index contributed by atoms with van der Waals surface area (Å²) in [6, 6.07) is 0. The second kappa shape index (κ2) is 48.7. The fraction of sp³-hybridized carbons (Fsp3) is 0.618. The summed E-state index contributed by atoms with van der Waals surface area (Å²) in [5.74, 6) is -1.02. The highest BCUT2D eigenvalue weighted by Gasteiger charge is 2.19. The average molecular weight is 845 g/mol. The van der Waals surface area contributed by atoms with Gasteiger partial charge in [-0.05, 0) is 89.9 Å². The van der Waals surface area contributed by atoms with Gasteiger partial charge >= 0.3 is 17.9 Å². The summed E-state index contributed by atoms with van der Waals surface area (Å²) in [6.07, 6.45) is 65.0. The van der Waals surface area contributed by atoms with Gasteiger partial charge in [-0.25, -0.2) is 0 Å². The van der Waals surface area contributed by atoms with Crippen molar-refractivity contribution in [3.8, 4) is 0 Å². The van der Waals surface area contributed by atoms with Crippen molar-refractivity contribution in [2.24, 2.45) is 0 Å². The molecule has 0 saturated carbocycles. The maximum Gasteiger partial charge on any atom is 0.306 e. The molecule has 0 amide bonds. The minimum atomic E-state index is -0.817. The number of unbranched alkanes of at least 4 members (excludes halogenated alkanes) is 17. The Morgan fingerprint density at radius 2 is 0.754 bits per heavy atom. The van der Waals surface area contributed by atoms with Gasteiger partial charge < -0.3 is 14.2 Å². The SMILES string of the molecule is CC/C=C\C/C=C\C/C=C\CCCC(=O)OCC(COC(=O)CCCCCCC\C=C/C=C\C=C/C=C\C=C/CCC)OC(=O)CCCCC/C=C\CCCCCCCCC. The molecule has 1 atom stereocenters. The van der Waals surface area contributed by atoms with Crippen LogP contribution in [0.1, 0.15) is 201 Å². The van der Waals surface area contributed by atoms with Crippen LogP contribution in [-0.4, -0.2) is 37.2 Å². The summed E-state index contributed by atoms with van der Waals surface area (Å²) in [5, 5.41) is 0. The molecule has 0 aliphatic rings. The van der Waals surface area contributed by atoms with Crippen molar-refractivity contribution in [3.05, 3.63) is 109 Å². The lowest BCUT2D eigenvalue weighted by Crippen LogP contribution is -2.30. The first kappa shape index (κ1) is 57.1. The quantitative estimate of drug-likeness (QED) is 0.0200. The van der Waals surface area contributed by atoms with E-state index >= 15 is 0 Å². The maximum absolute atomic E-state index is 12.8. The van der Waals surface area contributed by atoms with E-state index in [9.17, 15) is 14.4 Å². The van der Waals surface area contributed by atoms with Crippen LogP contribution in [0.15, 0.2) is 109 Å². The number of carbonyl (C=O) groups excluding carboxylic acids is 3. The lowest BCUT2D eigenvalue weighted by Gasteiger charge is -2.18. The summed E-state index contributed by atoms with van der Waals surface area (Å²) < 4.78 is 16.7. The van der Waals surface area contributed by atoms with Gasteiger partial charge in [0.25, 0.3) is 0 Å². The van der Waals surface area contributed by atoms with E-state index in [1.54, 1.807) is 0 Å². The molecule has 0 saturated heterocycles. The molecule has 0 aromatic carbocycles. The Morgan fingerprint density at radius 1 is 0.361 bits per heavy atom. The second-order valence-electron chi connectivity index (χ2n) is 15.8. The summed E-state index contributed by atoms with van der Waals surface area (Å²) in [6.45, 7) is 6.32. The predicted molar refractivity (Wildman–Crippen MR) is 260 cm³/mol. The minimum Gasteiger partial charge on any atom is -0.462 e. The van der Waals surface area contributed by atoms with Gasteiger partial charge in [0, 0.05) is 19.3 Å². The minimum absolute atomic E-state index is 0.116. The lowest BCUT2D eigenvalue weighted by atomic mass is 10.1. The van der Waals surface area contributed by atoms with E-state index in [0.29, 0.717) is 12.8 Å². The summed E-state index contributed by atoms with van der Waals surface area (Å²) >= 11 is 0. The summed E-state index contributed by atoms with van der Waals surface area (Å²) in [5.41, 5.74) is 0. The van der Waals surface area contributed by atoms with Crippen LogP contribution in [0.3, 0.4) is 0 Å². The molecule has 0 N–H and O–H groups in total. The molecular weight excluding hydrogens is 757 g/mol. The van der Waals surface area contributed by atoms with Crippen molar-refractivity contribution >= 4 is 17.9 Å². The van der Waals surface area contributed by atoms with Crippen LogP contribution in [0.2, 0.25) is 0 Å². The highest BCUT2D eigenvalue weighted by Crippen LogP contribution is 2.12. The molecule has 0 bridgehead atoms. The number of carbonyl (C=O) groups is 3. The number of hydrogen-bond acceptors (Lipinski definition) is 6. The Kier molecular flexibility index (Phi) is 45.6. The van der Waals surface area contributed by atoms with Crippen molar-refractivity contribution in [2.45, 2.75) is 207 Å². The molecule has 0 heterocycles. The molecule has 0 rings (SSSR count). The average Bonchev–Trinajstić information content (AvgIpc) is 3.26. The molecule has 0 aliphatic carbocycles. The zero-order chi connectivity index (χ0) is 44.4. The van der Waals surface area contributed by atoms with Gasteiger partial charge in [-0.3, -0.25) is 14.4 Å². The van der Waals surface area contributed by atoms with Crippen molar-refractivity contribution < 1.29 is 28.6 Å². The topological polar surface area (TPSA) is 78.9 Å². The Balaban J connectivity index is 4.51. The molecule has 0 aromatic rings. The van der Waals surface area contributed by atoms with E-state index in [-0.39, 0.29) is 44.0 Å². The van der Waals surface area contributed by atoms with E-state index in [1.165, 1.54) is 51.4 Å². The Labute approximate surface area is 374 Å². The first-order valence-electron chi connectivity index (χ1n) is 24.5. The number of hydrogen-bond donors (Lipinski definition) is 0. The van der Waals surface area contributed by atoms with Crippen LogP contribution in [0, 0.1) is 0 Å². The van der Waals surface area contributed by atoms with E-state index < -0.39 is 6.10 Å². The third-order valence-electron chi connectivity index (χ3n) is 9.84. The van der Waals surface area contributed by atoms with E-state index in [1.807, 2.05) is 36.5 Å². The monoisotopic (exact) mass is 845 g/mol. The molecular formula is C55H88O6. The number of ether oxygens (including phenoxy) is 3. The van der Waals surface area contributed by atoms with Gasteiger partial charge in [0.1, 0.15) is 13.2 Å². The van der Waals surface area contributed by atoms with Crippen LogP contribution in [0.5, 0.6) is 0 Å². The first-order chi connectivity index (χ1) is 30.0. The number of allylic oxidation sites excluding steroid dienone is 18. The summed E-state index contributed by atoms with van der Waals surface area (Å²) in [7, 11) is 0. The molecule has 6 nitrogen and oxygen atoms in total. The van der Waals surface area contributed by atoms with Crippen LogP contribution in [0.25, 0.3) is 0 Å². The molecule has 1 unspecified atom stereocenters. The van der Waals surface area contributed by atoms with Gasteiger partial charge in [-0.15, -0.1) is 0 Å². The fourth-order valence-electron chi connectivity index (χ4n) is 6.19. The predicted octanol–water partition coefficient (Wildman–Crippen LogP) is 16.0. The van der Waals surface area contributed by atoms with E-state index in [0.717, 1.165) is 103 Å². The maximum atomic E-state index is 12.8. The molecule has 0 radical (unpaired) electrons. The second-order valence-corrected chi connectivity index (χ2v) is 15.8. The number of rotatable bonds is 42. The molecule has 0 spiro atoms. The Hall–Kier alpha value is -3.93. The van der Waals surface area contributed by atoms with Gasteiger partial charge in [-0.1, -0.05) is 201 Å². The third-order valence-corrected chi connectivity index (χ3v) is 9.84. The summed E-state index contributed by atoms with van der Waals surface area (Å²) in [4.78, 5) is 37.8. The van der Waals surface area contributed by atoms with Crippen LogP contribution in [0.4, 0.5) is 0 Å². The Morgan fingerprint density at radius 3 is 1.31 bits per heavy atom. The largest absolute Gasteiger partial charge is 0.462 e. The van der Waals surface area contributed by atoms with Crippen molar-refractivity contribution in [1.82, 2.24) is 0 Å². The fourth-order valence-corrected chi connectivity index (χ4v) is 6.19. The zero-order valence-corrected chi connectivity index (χ0v) is 39.1. The molecule has 61 heavy (non-hydrogen) atoms. The standard InChI is InChI=1S/C55H88O6/c1-4-7-10-13-16-19-22-24-26-27-28-29-31-33-36-39-42-45-48-54(57)60-51-52(50-59-53(56)47-44-41-38-35-32-21-18-15-12-9-6-3)61-55(58)49-46-43-40-37-34-30-25-23-20-17-14-11-8-5-2/h9-10,12-13,16,18-19,21-22,24,26-30,34-35,38,52H,4-8,11,14-15,17,20,23,25,31-33,36-37,39-51H2,1-3H3/b12-9-,13-10-,19-16-,21-18-,24-22-,27-26-,29-28-,34-30-,38-35-. The molecule has 6 heteroatoms. The third kappa shape index (κ3) is 47.0. The van der Waals surface area contributed by atoms with E-state index in [2.05, 4.69) is 93.7 Å². The zero-order valence-electron chi connectivity index (χ0n) is 39.1. The first-order valence-corrected chi connectivity index (χ1v) is 24.5. The van der Waals surface area contributed by atoms with Gasteiger partial charge in [0.05, 0.1) is 0 Å². The lowest BCUT2D eigenvalue weighted by molar-refractivity contribution is -0.167. The van der Waals surface area contributed by atoms with Crippen LogP contribution < -0.4 is 0 Å². The van der Waals surface area contributed by atoms with Crippen molar-refractivity contribution in [1.29, 1.82) is 0 Å². The van der Waals surface area contributed by atoms with Crippen molar-refractivity contribution in [2.75, 3.05) is 13.2 Å². The highest BCUT2D eigenvalue weighted by molar-refractivity contribution is 5.71.